The van der Waals surface area contributed by atoms with Gasteiger partial charge < -0.3 is 11.1 Å². The molecule has 0 radical (unpaired) electrons. The zero-order chi connectivity index (χ0) is 15.4. The van der Waals surface area contributed by atoms with E-state index in [-0.39, 0.29) is 11.9 Å². The maximum Gasteiger partial charge on any atom is 0.270 e. The van der Waals surface area contributed by atoms with Crippen molar-refractivity contribution in [2.45, 2.75) is 39.7 Å². The van der Waals surface area contributed by atoms with Crippen LogP contribution in [0.2, 0.25) is 0 Å². The average Bonchev–Trinajstić information content (AvgIpc) is 2.48. The fourth-order valence-corrected chi connectivity index (χ4v) is 2.71. The summed E-state index contributed by atoms with van der Waals surface area (Å²) >= 11 is 0. The second kappa shape index (κ2) is 6.57. The molecule has 0 saturated carbocycles. The Hall–Kier alpha value is -2.10. The number of amides is 1. The van der Waals surface area contributed by atoms with E-state index in [9.17, 15) is 4.79 Å². The van der Waals surface area contributed by atoms with E-state index in [0.717, 1.165) is 23.7 Å². The van der Waals surface area contributed by atoms with Gasteiger partial charge in [-0.05, 0) is 25.0 Å². The molecular formula is C17H23N3O. The average molecular weight is 285 g/mol. The van der Waals surface area contributed by atoms with Crippen molar-refractivity contribution >= 4 is 22.5 Å². The van der Waals surface area contributed by atoms with Gasteiger partial charge in [0.25, 0.3) is 5.91 Å². The van der Waals surface area contributed by atoms with Crippen LogP contribution in [-0.4, -0.2) is 16.9 Å². The van der Waals surface area contributed by atoms with Gasteiger partial charge in [0, 0.05) is 17.1 Å². The third kappa shape index (κ3) is 3.32. The number of carbonyl (C=O) groups is 1. The van der Waals surface area contributed by atoms with Crippen LogP contribution in [0.3, 0.4) is 0 Å². The Balaban J connectivity index is 2.23. The number of anilines is 1. The highest BCUT2D eigenvalue weighted by Crippen LogP contribution is 2.20. The maximum absolute atomic E-state index is 12.4. The zero-order valence-corrected chi connectivity index (χ0v) is 12.9. The van der Waals surface area contributed by atoms with Crippen molar-refractivity contribution in [1.29, 1.82) is 0 Å². The number of para-hydroxylation sites is 1. The molecule has 1 atom stereocenters. The molecule has 0 aliphatic carbocycles. The first-order chi connectivity index (χ1) is 10.1. The predicted molar refractivity (Wildman–Crippen MR) is 87.2 cm³/mol. The van der Waals surface area contributed by atoms with Gasteiger partial charge >= 0.3 is 0 Å². The van der Waals surface area contributed by atoms with Crippen LogP contribution >= 0.6 is 0 Å². The molecule has 1 heterocycles. The highest BCUT2D eigenvalue weighted by atomic mass is 16.1. The normalized spacial score (nSPS) is 12.6. The number of nitrogens with one attached hydrogen (secondary N) is 1. The van der Waals surface area contributed by atoms with Crippen LogP contribution in [-0.2, 0) is 0 Å². The van der Waals surface area contributed by atoms with Gasteiger partial charge in [-0.25, -0.2) is 4.98 Å². The minimum Gasteiger partial charge on any atom is -0.398 e. The monoisotopic (exact) mass is 285 g/mol. The van der Waals surface area contributed by atoms with Gasteiger partial charge in [0.15, 0.2) is 0 Å². The molecule has 112 valence electrons. The molecule has 0 fully saturated rings. The van der Waals surface area contributed by atoms with E-state index in [1.165, 1.54) is 0 Å². The van der Waals surface area contributed by atoms with E-state index in [1.807, 2.05) is 31.2 Å². The van der Waals surface area contributed by atoms with Crippen LogP contribution in [0, 0.1) is 5.92 Å². The number of aromatic nitrogens is 1. The molecule has 0 saturated heterocycles. The number of pyridine rings is 1. The number of carbonyl (C=O) groups excluding carboxylic acids is 1. The van der Waals surface area contributed by atoms with Gasteiger partial charge in [0.2, 0.25) is 0 Å². The molecule has 4 nitrogen and oxygen atoms in total. The van der Waals surface area contributed by atoms with Crippen LogP contribution in [0.15, 0.2) is 30.3 Å². The predicted octanol–water partition coefficient (Wildman–Crippen LogP) is 3.37. The molecule has 3 N–H and O–H groups in total. The Morgan fingerprint density at radius 2 is 1.95 bits per heavy atom. The Kier molecular flexibility index (Phi) is 4.78. The van der Waals surface area contributed by atoms with E-state index in [1.54, 1.807) is 6.07 Å². The Bertz CT molecular complexity index is 635. The summed E-state index contributed by atoms with van der Waals surface area (Å²) in [7, 11) is 0. The third-order valence-corrected chi connectivity index (χ3v) is 4.10. The lowest BCUT2D eigenvalue weighted by atomic mass is 9.95. The van der Waals surface area contributed by atoms with Crippen molar-refractivity contribution in [2.75, 3.05) is 5.73 Å². The number of nitrogens with zero attached hydrogens (tertiary/aromatic N) is 1. The number of rotatable bonds is 5. The molecule has 0 spiro atoms. The summed E-state index contributed by atoms with van der Waals surface area (Å²) < 4.78 is 0. The number of hydrogen-bond donors (Lipinski definition) is 2. The first-order valence-electron chi connectivity index (χ1n) is 7.52. The summed E-state index contributed by atoms with van der Waals surface area (Å²) in [6.07, 6.45) is 2.09. The standard InChI is InChI=1S/C17H23N3O/c1-4-12(5-2)11(3)19-17(21)16-10-14(18)13-8-6-7-9-15(13)20-16/h6-12H,4-5H2,1-3H3,(H2,18,20)(H,19,21). The Morgan fingerprint density at radius 1 is 1.29 bits per heavy atom. The van der Waals surface area contributed by atoms with E-state index in [4.69, 9.17) is 5.73 Å². The molecule has 0 aliphatic rings. The first-order valence-corrected chi connectivity index (χ1v) is 7.52. The lowest BCUT2D eigenvalue weighted by molar-refractivity contribution is 0.0920. The van der Waals surface area contributed by atoms with E-state index in [0.29, 0.717) is 17.3 Å². The number of benzene rings is 1. The van der Waals surface area contributed by atoms with Gasteiger partial charge in [0.05, 0.1) is 5.52 Å². The minimum atomic E-state index is -0.160. The van der Waals surface area contributed by atoms with Crippen molar-refractivity contribution in [3.05, 3.63) is 36.0 Å². The number of nitrogens with two attached hydrogens (primary N) is 1. The summed E-state index contributed by atoms with van der Waals surface area (Å²) in [5, 5.41) is 3.91. The molecule has 1 aromatic carbocycles. The van der Waals surface area contributed by atoms with Crippen molar-refractivity contribution in [3.8, 4) is 0 Å². The van der Waals surface area contributed by atoms with Crippen LogP contribution < -0.4 is 11.1 Å². The molecule has 2 aromatic rings. The number of nitrogen functional groups attached to an aromatic ring is 1. The fraction of sp³-hybridized carbons (Fsp3) is 0.412. The van der Waals surface area contributed by atoms with Crippen LogP contribution in [0.25, 0.3) is 10.9 Å². The van der Waals surface area contributed by atoms with E-state index >= 15 is 0 Å². The van der Waals surface area contributed by atoms with Gasteiger partial charge in [-0.2, -0.15) is 0 Å². The Labute approximate surface area is 125 Å². The molecule has 1 amide bonds. The smallest absolute Gasteiger partial charge is 0.270 e. The molecular weight excluding hydrogens is 262 g/mol. The fourth-order valence-electron chi connectivity index (χ4n) is 2.71. The highest BCUT2D eigenvalue weighted by molar-refractivity contribution is 5.99. The van der Waals surface area contributed by atoms with E-state index in [2.05, 4.69) is 24.1 Å². The Morgan fingerprint density at radius 3 is 2.62 bits per heavy atom. The van der Waals surface area contributed by atoms with Gasteiger partial charge in [-0.1, -0.05) is 44.9 Å². The van der Waals surface area contributed by atoms with Gasteiger partial charge in [0.1, 0.15) is 5.69 Å². The molecule has 0 bridgehead atoms. The number of hydrogen-bond acceptors (Lipinski definition) is 3. The van der Waals surface area contributed by atoms with Crippen LogP contribution in [0.4, 0.5) is 5.69 Å². The summed E-state index contributed by atoms with van der Waals surface area (Å²) in [6.45, 7) is 6.33. The molecule has 2 rings (SSSR count). The second-order valence-electron chi connectivity index (χ2n) is 5.45. The van der Waals surface area contributed by atoms with Crippen LogP contribution in [0.1, 0.15) is 44.1 Å². The van der Waals surface area contributed by atoms with Crippen LogP contribution in [0.5, 0.6) is 0 Å². The third-order valence-electron chi connectivity index (χ3n) is 4.10. The van der Waals surface area contributed by atoms with Crippen molar-refractivity contribution < 1.29 is 4.79 Å². The first kappa shape index (κ1) is 15.3. The zero-order valence-electron chi connectivity index (χ0n) is 12.9. The quantitative estimate of drug-likeness (QED) is 0.885. The summed E-state index contributed by atoms with van der Waals surface area (Å²) in [5.74, 6) is 0.318. The lowest BCUT2D eigenvalue weighted by Gasteiger charge is -2.22. The van der Waals surface area contributed by atoms with Gasteiger partial charge in [-0.3, -0.25) is 4.79 Å². The molecule has 0 aliphatic heterocycles. The largest absolute Gasteiger partial charge is 0.398 e. The van der Waals surface area contributed by atoms with E-state index < -0.39 is 0 Å². The highest BCUT2D eigenvalue weighted by Gasteiger charge is 2.18. The topological polar surface area (TPSA) is 68.0 Å². The second-order valence-corrected chi connectivity index (χ2v) is 5.45. The van der Waals surface area contributed by atoms with Crippen molar-refractivity contribution in [1.82, 2.24) is 10.3 Å². The molecule has 4 heteroatoms. The summed E-state index contributed by atoms with van der Waals surface area (Å²) in [5.41, 5.74) is 7.73. The van der Waals surface area contributed by atoms with Crippen molar-refractivity contribution in [3.63, 3.8) is 0 Å². The van der Waals surface area contributed by atoms with Gasteiger partial charge in [-0.15, -0.1) is 0 Å². The molecule has 1 unspecified atom stereocenters. The number of fused-ring (bicyclic) bond motifs is 1. The summed E-state index contributed by atoms with van der Waals surface area (Å²) in [4.78, 5) is 16.8. The minimum absolute atomic E-state index is 0.127. The molecule has 21 heavy (non-hydrogen) atoms. The molecule has 1 aromatic heterocycles. The maximum atomic E-state index is 12.4. The van der Waals surface area contributed by atoms with Crippen molar-refractivity contribution in [2.24, 2.45) is 5.92 Å². The summed E-state index contributed by atoms with van der Waals surface area (Å²) in [6, 6.07) is 9.36. The lowest BCUT2D eigenvalue weighted by Crippen LogP contribution is -2.38. The SMILES string of the molecule is CCC(CC)C(C)NC(=O)c1cc(N)c2ccccc2n1.